The van der Waals surface area contributed by atoms with Crippen molar-refractivity contribution in [2.75, 3.05) is 0 Å². The molecule has 1 atom stereocenters. The molecule has 1 nitrogen and oxygen atoms in total. The average Bonchev–Trinajstić information content (AvgIpc) is 2.40. The molecule has 0 radical (unpaired) electrons. The van der Waals surface area contributed by atoms with Gasteiger partial charge in [0.15, 0.2) is 0 Å². The van der Waals surface area contributed by atoms with Crippen LogP contribution in [0.3, 0.4) is 0 Å². The zero-order valence-corrected chi connectivity index (χ0v) is 12.5. The highest BCUT2D eigenvalue weighted by Gasteiger charge is 2.31. The lowest BCUT2D eigenvalue weighted by molar-refractivity contribution is -0.138. The fourth-order valence-electron chi connectivity index (χ4n) is 1.87. The molecule has 0 aliphatic carbocycles. The molecule has 0 amide bonds. The van der Waals surface area contributed by atoms with Crippen LogP contribution in [0.1, 0.15) is 18.0 Å². The van der Waals surface area contributed by atoms with Crippen molar-refractivity contribution in [3.63, 3.8) is 0 Å². The van der Waals surface area contributed by atoms with Gasteiger partial charge in [-0.2, -0.15) is 13.2 Å². The lowest BCUT2D eigenvalue weighted by Gasteiger charge is -2.17. The molecule has 0 aliphatic heterocycles. The van der Waals surface area contributed by atoms with Crippen LogP contribution in [-0.4, -0.2) is 6.18 Å². The van der Waals surface area contributed by atoms with Crippen LogP contribution in [0, 0.1) is 0 Å². The minimum Gasteiger partial charge on any atom is -0.324 e. The van der Waals surface area contributed by atoms with Gasteiger partial charge in [-0.05, 0) is 35.9 Å². The summed E-state index contributed by atoms with van der Waals surface area (Å²) in [6.07, 6.45) is -5.32. The molecule has 0 spiro atoms. The highest BCUT2D eigenvalue weighted by molar-refractivity contribution is 7.99. The largest absolute Gasteiger partial charge is 0.390 e. The van der Waals surface area contributed by atoms with Gasteiger partial charge >= 0.3 is 6.18 Å². The number of alkyl halides is 3. The van der Waals surface area contributed by atoms with Crippen molar-refractivity contribution in [2.24, 2.45) is 5.73 Å². The normalized spacial score (nSPS) is 13.2. The molecule has 0 unspecified atom stereocenters. The molecule has 2 aromatic rings. The third kappa shape index (κ3) is 4.95. The Morgan fingerprint density at radius 2 is 1.67 bits per heavy atom. The second-order valence-corrected chi connectivity index (χ2v) is 6.07. The van der Waals surface area contributed by atoms with Gasteiger partial charge in [-0.1, -0.05) is 41.6 Å². The molecule has 2 N–H and O–H groups in total. The zero-order valence-electron chi connectivity index (χ0n) is 10.9. The Balaban J connectivity index is 2.22. The molecule has 2 rings (SSSR count). The quantitative estimate of drug-likeness (QED) is 0.807. The first-order valence-corrected chi connectivity index (χ1v) is 7.39. The van der Waals surface area contributed by atoms with Gasteiger partial charge in [0, 0.05) is 20.9 Å². The topological polar surface area (TPSA) is 26.0 Å². The summed E-state index contributed by atoms with van der Waals surface area (Å²) in [5.74, 6) is 0. The lowest BCUT2D eigenvalue weighted by Crippen LogP contribution is -2.20. The highest BCUT2D eigenvalue weighted by Crippen LogP contribution is 2.36. The van der Waals surface area contributed by atoms with Crippen molar-refractivity contribution in [2.45, 2.75) is 28.4 Å². The first kappa shape index (κ1) is 16.2. The minimum atomic E-state index is -4.28. The number of benzene rings is 2. The molecule has 0 bridgehead atoms. The molecule has 0 saturated heterocycles. The molecular formula is C15H13ClF3NS. The summed E-state index contributed by atoms with van der Waals surface area (Å²) in [7, 11) is 0. The van der Waals surface area contributed by atoms with E-state index in [4.69, 9.17) is 17.3 Å². The monoisotopic (exact) mass is 331 g/mol. The van der Waals surface area contributed by atoms with E-state index < -0.39 is 18.6 Å². The van der Waals surface area contributed by atoms with Gasteiger partial charge in [0.25, 0.3) is 0 Å². The van der Waals surface area contributed by atoms with Crippen molar-refractivity contribution in [3.05, 3.63) is 59.1 Å². The fourth-order valence-corrected chi connectivity index (χ4v) is 3.00. The third-order valence-corrected chi connectivity index (χ3v) is 4.16. The molecule has 6 heteroatoms. The van der Waals surface area contributed by atoms with Crippen LogP contribution in [0.5, 0.6) is 0 Å². The first-order chi connectivity index (χ1) is 9.85. The lowest BCUT2D eigenvalue weighted by atomic mass is 10.0. The van der Waals surface area contributed by atoms with Crippen molar-refractivity contribution in [3.8, 4) is 0 Å². The molecule has 0 aliphatic rings. The van der Waals surface area contributed by atoms with Crippen LogP contribution in [0.2, 0.25) is 5.02 Å². The van der Waals surface area contributed by atoms with E-state index in [-0.39, 0.29) is 0 Å². The Bertz CT molecular complexity index is 599. The smallest absolute Gasteiger partial charge is 0.324 e. The molecule has 0 aromatic heterocycles. The number of nitrogens with two attached hydrogens (primary N) is 1. The predicted molar refractivity (Wildman–Crippen MR) is 79.6 cm³/mol. The zero-order chi connectivity index (χ0) is 15.5. The van der Waals surface area contributed by atoms with Gasteiger partial charge in [0.2, 0.25) is 0 Å². The summed E-state index contributed by atoms with van der Waals surface area (Å²) < 4.78 is 37.5. The van der Waals surface area contributed by atoms with Gasteiger partial charge in [-0.3, -0.25) is 0 Å². The molecule has 0 heterocycles. The van der Waals surface area contributed by atoms with Crippen LogP contribution < -0.4 is 5.73 Å². The summed E-state index contributed by atoms with van der Waals surface area (Å²) in [5.41, 5.74) is 6.20. The number of hydrogen-bond acceptors (Lipinski definition) is 2. The second-order valence-electron chi connectivity index (χ2n) is 4.52. The Morgan fingerprint density at radius 1 is 1.05 bits per heavy atom. The summed E-state index contributed by atoms with van der Waals surface area (Å²) >= 11 is 7.19. The SMILES string of the molecule is N[C@H](CC(F)(F)F)c1ccccc1Sc1ccc(Cl)cc1. The third-order valence-electron chi connectivity index (χ3n) is 2.81. The van der Waals surface area contributed by atoms with E-state index in [1.165, 1.54) is 11.8 Å². The summed E-state index contributed by atoms with van der Waals surface area (Å²) in [5, 5.41) is 0.612. The Morgan fingerprint density at radius 3 is 2.29 bits per heavy atom. The fraction of sp³-hybridized carbons (Fsp3) is 0.200. The van der Waals surface area contributed by atoms with E-state index in [0.717, 1.165) is 9.79 Å². The highest BCUT2D eigenvalue weighted by atomic mass is 35.5. The van der Waals surface area contributed by atoms with Crippen LogP contribution in [0.15, 0.2) is 58.3 Å². The van der Waals surface area contributed by atoms with E-state index >= 15 is 0 Å². The van der Waals surface area contributed by atoms with E-state index in [2.05, 4.69) is 0 Å². The van der Waals surface area contributed by atoms with Crippen LogP contribution in [0.25, 0.3) is 0 Å². The van der Waals surface area contributed by atoms with E-state index in [1.54, 1.807) is 36.4 Å². The minimum absolute atomic E-state index is 0.495. The van der Waals surface area contributed by atoms with Gasteiger partial charge < -0.3 is 5.73 Å². The van der Waals surface area contributed by atoms with Gasteiger partial charge in [0.05, 0.1) is 6.42 Å². The van der Waals surface area contributed by atoms with Crippen LogP contribution >= 0.6 is 23.4 Å². The molecule has 21 heavy (non-hydrogen) atoms. The Hall–Kier alpha value is -1.17. The predicted octanol–water partition coefficient (Wildman–Crippen LogP) is 5.44. The van der Waals surface area contributed by atoms with E-state index in [9.17, 15) is 13.2 Å². The van der Waals surface area contributed by atoms with Gasteiger partial charge in [0.1, 0.15) is 0 Å². The number of hydrogen-bond donors (Lipinski definition) is 1. The Kier molecular flexibility index (Phi) is 5.19. The Labute approximate surface area is 130 Å². The maximum atomic E-state index is 12.5. The molecule has 0 fully saturated rings. The molecular weight excluding hydrogens is 319 g/mol. The van der Waals surface area contributed by atoms with Crippen LogP contribution in [0.4, 0.5) is 13.2 Å². The summed E-state index contributed by atoms with van der Waals surface area (Å²) in [6, 6.07) is 12.9. The van der Waals surface area contributed by atoms with E-state index in [0.29, 0.717) is 10.6 Å². The molecule has 112 valence electrons. The standard InChI is InChI=1S/C15H13ClF3NS/c16-10-5-7-11(8-6-10)21-14-4-2-1-3-12(14)13(20)9-15(17,18)19/h1-8,13H,9,20H2/t13-/m1/s1. The van der Waals surface area contributed by atoms with Gasteiger partial charge in [-0.15, -0.1) is 0 Å². The molecule has 2 aromatic carbocycles. The first-order valence-electron chi connectivity index (χ1n) is 6.20. The van der Waals surface area contributed by atoms with Crippen molar-refractivity contribution in [1.29, 1.82) is 0 Å². The molecule has 0 saturated carbocycles. The van der Waals surface area contributed by atoms with Crippen LogP contribution in [-0.2, 0) is 0 Å². The van der Waals surface area contributed by atoms with Crippen molar-refractivity contribution < 1.29 is 13.2 Å². The maximum Gasteiger partial charge on any atom is 0.390 e. The van der Waals surface area contributed by atoms with Gasteiger partial charge in [-0.25, -0.2) is 0 Å². The second kappa shape index (κ2) is 6.73. The maximum absolute atomic E-state index is 12.5. The van der Waals surface area contributed by atoms with Crippen molar-refractivity contribution in [1.82, 2.24) is 0 Å². The summed E-state index contributed by atoms with van der Waals surface area (Å²) in [4.78, 5) is 1.61. The average molecular weight is 332 g/mol. The van der Waals surface area contributed by atoms with E-state index in [1.807, 2.05) is 12.1 Å². The summed E-state index contributed by atoms with van der Waals surface area (Å²) in [6.45, 7) is 0. The number of halogens is 4. The number of rotatable bonds is 4. The van der Waals surface area contributed by atoms with Crippen molar-refractivity contribution >= 4 is 23.4 Å².